The standard InChI is InChI=1S/C19H26N2O5/c1-13-16(25-15-8-6-5-7-14(15)24-13)17(22)20-9-11-21(12-10-20)18(23)26-19(2,3)4/h5-8,13,16H,9-12H2,1-4H3. The zero-order valence-electron chi connectivity index (χ0n) is 15.7. The molecule has 2 heterocycles. The summed E-state index contributed by atoms with van der Waals surface area (Å²) in [6, 6.07) is 7.33. The fourth-order valence-electron chi connectivity index (χ4n) is 3.01. The molecule has 2 amide bonds. The van der Waals surface area contributed by atoms with Gasteiger partial charge in [0.15, 0.2) is 11.5 Å². The van der Waals surface area contributed by atoms with Crippen LogP contribution in [0.2, 0.25) is 0 Å². The molecule has 7 nitrogen and oxygen atoms in total. The van der Waals surface area contributed by atoms with E-state index in [0.717, 1.165) is 0 Å². The maximum Gasteiger partial charge on any atom is 0.410 e. The SMILES string of the molecule is CC1Oc2ccccc2OC1C(=O)N1CCN(C(=O)OC(C)(C)C)CC1. The van der Waals surface area contributed by atoms with Crippen molar-refractivity contribution in [3.05, 3.63) is 24.3 Å². The van der Waals surface area contributed by atoms with E-state index in [1.165, 1.54) is 0 Å². The molecule has 1 saturated heterocycles. The van der Waals surface area contributed by atoms with Gasteiger partial charge in [0, 0.05) is 26.2 Å². The van der Waals surface area contributed by atoms with Crippen molar-refractivity contribution in [1.29, 1.82) is 0 Å². The summed E-state index contributed by atoms with van der Waals surface area (Å²) in [5.41, 5.74) is -0.528. The van der Waals surface area contributed by atoms with Gasteiger partial charge in [0.2, 0.25) is 6.10 Å². The molecule has 0 N–H and O–H groups in total. The van der Waals surface area contributed by atoms with Crippen LogP contribution in [0, 0.1) is 0 Å². The normalized spacial score (nSPS) is 22.8. The highest BCUT2D eigenvalue weighted by Crippen LogP contribution is 2.34. The van der Waals surface area contributed by atoms with E-state index in [4.69, 9.17) is 14.2 Å². The molecule has 1 aromatic carbocycles. The van der Waals surface area contributed by atoms with Gasteiger partial charge in [-0.2, -0.15) is 0 Å². The second kappa shape index (κ2) is 7.05. The van der Waals surface area contributed by atoms with Gasteiger partial charge in [0.25, 0.3) is 5.91 Å². The molecule has 142 valence electrons. The summed E-state index contributed by atoms with van der Waals surface area (Å²) in [7, 11) is 0. The second-order valence-corrected chi connectivity index (χ2v) is 7.60. The highest BCUT2D eigenvalue weighted by molar-refractivity contribution is 5.83. The van der Waals surface area contributed by atoms with Crippen LogP contribution >= 0.6 is 0 Å². The van der Waals surface area contributed by atoms with Gasteiger partial charge in [-0.3, -0.25) is 4.79 Å². The Morgan fingerprint density at radius 1 is 1.00 bits per heavy atom. The molecular weight excluding hydrogens is 336 g/mol. The van der Waals surface area contributed by atoms with Crippen LogP contribution in [0.3, 0.4) is 0 Å². The Labute approximate surface area is 153 Å². The number of benzene rings is 1. The molecule has 0 saturated carbocycles. The first-order valence-corrected chi connectivity index (χ1v) is 8.93. The Morgan fingerprint density at radius 3 is 2.12 bits per heavy atom. The molecule has 0 radical (unpaired) electrons. The highest BCUT2D eigenvalue weighted by Gasteiger charge is 2.38. The quantitative estimate of drug-likeness (QED) is 0.767. The van der Waals surface area contributed by atoms with E-state index in [2.05, 4.69) is 0 Å². The average Bonchev–Trinajstić information content (AvgIpc) is 2.59. The summed E-state index contributed by atoms with van der Waals surface area (Å²) in [5.74, 6) is 1.12. The van der Waals surface area contributed by atoms with E-state index in [0.29, 0.717) is 37.7 Å². The first kappa shape index (κ1) is 18.4. The van der Waals surface area contributed by atoms with Gasteiger partial charge in [-0.05, 0) is 39.8 Å². The first-order chi connectivity index (χ1) is 12.2. The largest absolute Gasteiger partial charge is 0.482 e. The third-order valence-corrected chi connectivity index (χ3v) is 4.33. The number of piperazine rings is 1. The van der Waals surface area contributed by atoms with Gasteiger partial charge in [-0.25, -0.2) is 4.79 Å². The van der Waals surface area contributed by atoms with Crippen molar-refractivity contribution in [2.45, 2.75) is 45.5 Å². The molecule has 1 aromatic rings. The van der Waals surface area contributed by atoms with Gasteiger partial charge in [0.1, 0.15) is 11.7 Å². The third-order valence-electron chi connectivity index (χ3n) is 4.33. The third kappa shape index (κ3) is 4.03. The minimum atomic E-state index is -0.682. The highest BCUT2D eigenvalue weighted by atomic mass is 16.6. The molecule has 2 aliphatic heterocycles. The van der Waals surface area contributed by atoms with Crippen LogP contribution in [-0.4, -0.2) is 65.8 Å². The lowest BCUT2D eigenvalue weighted by Gasteiger charge is -2.39. The van der Waals surface area contributed by atoms with Crippen LogP contribution in [0.1, 0.15) is 27.7 Å². The summed E-state index contributed by atoms with van der Waals surface area (Å²) in [4.78, 5) is 28.4. The van der Waals surface area contributed by atoms with Crippen molar-refractivity contribution >= 4 is 12.0 Å². The topological polar surface area (TPSA) is 68.3 Å². The molecular formula is C19H26N2O5. The van der Waals surface area contributed by atoms with Crippen molar-refractivity contribution in [2.75, 3.05) is 26.2 Å². The molecule has 0 aromatic heterocycles. The Balaban J connectivity index is 1.58. The van der Waals surface area contributed by atoms with Gasteiger partial charge < -0.3 is 24.0 Å². The van der Waals surface area contributed by atoms with Crippen LogP contribution < -0.4 is 9.47 Å². The number of ether oxygens (including phenoxy) is 3. The fourth-order valence-corrected chi connectivity index (χ4v) is 3.01. The minimum absolute atomic E-state index is 0.115. The molecule has 0 bridgehead atoms. The Bertz CT molecular complexity index is 677. The molecule has 2 aliphatic rings. The molecule has 7 heteroatoms. The van der Waals surface area contributed by atoms with Crippen LogP contribution in [0.15, 0.2) is 24.3 Å². The van der Waals surface area contributed by atoms with E-state index >= 15 is 0 Å². The van der Waals surface area contributed by atoms with Crippen LogP contribution in [0.5, 0.6) is 11.5 Å². The summed E-state index contributed by atoms with van der Waals surface area (Å²) >= 11 is 0. The number of rotatable bonds is 1. The average molecular weight is 362 g/mol. The number of para-hydroxylation sites is 2. The van der Waals surface area contributed by atoms with Crippen molar-refractivity contribution in [3.8, 4) is 11.5 Å². The zero-order chi connectivity index (χ0) is 18.9. The minimum Gasteiger partial charge on any atom is -0.482 e. The zero-order valence-corrected chi connectivity index (χ0v) is 15.7. The number of hydrogen-bond donors (Lipinski definition) is 0. The van der Waals surface area contributed by atoms with Crippen molar-refractivity contribution in [2.24, 2.45) is 0 Å². The Morgan fingerprint density at radius 2 is 1.54 bits per heavy atom. The monoisotopic (exact) mass is 362 g/mol. The second-order valence-electron chi connectivity index (χ2n) is 7.60. The number of nitrogens with zero attached hydrogens (tertiary/aromatic N) is 2. The summed E-state index contributed by atoms with van der Waals surface area (Å²) in [6.07, 6.45) is -1.40. The van der Waals surface area contributed by atoms with Gasteiger partial charge in [-0.15, -0.1) is 0 Å². The van der Waals surface area contributed by atoms with E-state index in [-0.39, 0.29) is 18.1 Å². The number of fused-ring (bicyclic) bond motifs is 1. The number of carbonyl (C=O) groups is 2. The smallest absolute Gasteiger partial charge is 0.410 e. The summed E-state index contributed by atoms with van der Waals surface area (Å²) in [6.45, 7) is 9.13. The molecule has 0 aliphatic carbocycles. The van der Waals surface area contributed by atoms with Gasteiger partial charge >= 0.3 is 6.09 Å². The number of hydrogen-bond acceptors (Lipinski definition) is 5. The maximum atomic E-state index is 12.9. The van der Waals surface area contributed by atoms with Gasteiger partial charge in [0.05, 0.1) is 0 Å². The lowest BCUT2D eigenvalue weighted by atomic mass is 10.1. The fraction of sp³-hybridized carbons (Fsp3) is 0.579. The van der Waals surface area contributed by atoms with Crippen LogP contribution in [-0.2, 0) is 9.53 Å². The van der Waals surface area contributed by atoms with Crippen LogP contribution in [0.25, 0.3) is 0 Å². The molecule has 0 spiro atoms. The van der Waals surface area contributed by atoms with E-state index in [9.17, 15) is 9.59 Å². The Kier molecular flexibility index (Phi) is 4.98. The first-order valence-electron chi connectivity index (χ1n) is 8.93. The molecule has 2 unspecified atom stereocenters. The van der Waals surface area contributed by atoms with E-state index in [1.54, 1.807) is 15.9 Å². The predicted molar refractivity (Wildman–Crippen MR) is 95.3 cm³/mol. The lowest BCUT2D eigenvalue weighted by Crippen LogP contribution is -2.57. The molecule has 1 fully saturated rings. The summed E-state index contributed by atoms with van der Waals surface area (Å²) in [5, 5.41) is 0. The number of amides is 2. The summed E-state index contributed by atoms with van der Waals surface area (Å²) < 4.78 is 17.1. The maximum absolute atomic E-state index is 12.9. The predicted octanol–water partition coefficient (Wildman–Crippen LogP) is 2.29. The molecule has 3 rings (SSSR count). The molecule has 2 atom stereocenters. The molecule has 26 heavy (non-hydrogen) atoms. The van der Waals surface area contributed by atoms with Crippen molar-refractivity contribution in [1.82, 2.24) is 9.80 Å². The van der Waals surface area contributed by atoms with Crippen molar-refractivity contribution in [3.63, 3.8) is 0 Å². The van der Waals surface area contributed by atoms with Gasteiger partial charge in [-0.1, -0.05) is 12.1 Å². The van der Waals surface area contributed by atoms with Crippen LogP contribution in [0.4, 0.5) is 4.79 Å². The van der Waals surface area contributed by atoms with E-state index < -0.39 is 11.7 Å². The Hall–Kier alpha value is -2.44. The van der Waals surface area contributed by atoms with Crippen molar-refractivity contribution < 1.29 is 23.8 Å². The lowest BCUT2D eigenvalue weighted by molar-refractivity contribution is -0.146. The number of carbonyl (C=O) groups excluding carboxylic acids is 2. The van der Waals surface area contributed by atoms with E-state index in [1.807, 2.05) is 45.9 Å².